The number of ether oxygens (including phenoxy) is 3. The Bertz CT molecular complexity index is 1050. The second-order valence-electron chi connectivity index (χ2n) is 8.14. The van der Waals surface area contributed by atoms with Crippen LogP contribution in [0.2, 0.25) is 0 Å². The number of benzene rings is 1. The Labute approximate surface area is 189 Å². The maximum absolute atomic E-state index is 12.7. The quantitative estimate of drug-likeness (QED) is 0.534. The molecule has 0 saturated heterocycles. The van der Waals surface area contributed by atoms with Crippen LogP contribution in [0.15, 0.2) is 30.5 Å². The number of esters is 1. The summed E-state index contributed by atoms with van der Waals surface area (Å²) < 4.78 is 53.5. The van der Waals surface area contributed by atoms with Gasteiger partial charge >= 0.3 is 12.1 Å². The van der Waals surface area contributed by atoms with Crippen LogP contribution in [0.3, 0.4) is 0 Å². The number of alkyl halides is 3. The molecule has 33 heavy (non-hydrogen) atoms. The molecule has 4 rings (SSSR count). The molecule has 2 heterocycles. The van der Waals surface area contributed by atoms with Crippen LogP contribution in [0.1, 0.15) is 63.7 Å². The predicted octanol–water partition coefficient (Wildman–Crippen LogP) is 4.61. The predicted molar refractivity (Wildman–Crippen MR) is 114 cm³/mol. The van der Waals surface area contributed by atoms with Gasteiger partial charge in [0.2, 0.25) is 0 Å². The van der Waals surface area contributed by atoms with E-state index in [4.69, 9.17) is 14.2 Å². The Morgan fingerprint density at radius 1 is 1.27 bits per heavy atom. The van der Waals surface area contributed by atoms with Crippen molar-refractivity contribution in [3.05, 3.63) is 64.2 Å². The molecule has 2 aliphatic rings. The molecule has 1 aliphatic heterocycles. The molecule has 0 unspecified atom stereocenters. The minimum Gasteiger partial charge on any atom is -0.464 e. The summed E-state index contributed by atoms with van der Waals surface area (Å²) in [6, 6.07) is 5.53. The highest BCUT2D eigenvalue weighted by Crippen LogP contribution is 2.39. The zero-order valence-electron chi connectivity index (χ0n) is 18.3. The molecule has 0 radical (unpaired) electrons. The van der Waals surface area contributed by atoms with E-state index in [0.717, 1.165) is 35.2 Å². The van der Waals surface area contributed by atoms with E-state index in [1.54, 1.807) is 6.20 Å². The van der Waals surface area contributed by atoms with Gasteiger partial charge < -0.3 is 14.2 Å². The first kappa shape index (κ1) is 23.4. The minimum atomic E-state index is -4.42. The second kappa shape index (κ2) is 10.0. The summed E-state index contributed by atoms with van der Waals surface area (Å²) in [5, 5.41) is 0. The number of aromatic nitrogens is 2. The summed E-state index contributed by atoms with van der Waals surface area (Å²) in [4.78, 5) is 21.4. The fraction of sp³-hybridized carbons (Fsp3) is 0.458. The highest BCUT2D eigenvalue weighted by molar-refractivity contribution is 5.88. The highest BCUT2D eigenvalue weighted by atomic mass is 19.4. The number of nitrogens with zero attached hydrogens (tertiary/aromatic N) is 2. The Balaban J connectivity index is 1.69. The van der Waals surface area contributed by atoms with Crippen molar-refractivity contribution in [3.63, 3.8) is 0 Å². The maximum atomic E-state index is 12.7. The summed E-state index contributed by atoms with van der Waals surface area (Å²) in [5.41, 5.74) is 4.49. The molecule has 6 nitrogen and oxygen atoms in total. The first-order chi connectivity index (χ1) is 15.9. The summed E-state index contributed by atoms with van der Waals surface area (Å²) in [7, 11) is 1.28. The van der Waals surface area contributed by atoms with Crippen LogP contribution in [0, 0.1) is 0 Å². The Kier molecular flexibility index (Phi) is 7.09. The Hall–Kier alpha value is -2.78. The van der Waals surface area contributed by atoms with Gasteiger partial charge in [-0.2, -0.15) is 13.2 Å². The van der Waals surface area contributed by atoms with E-state index in [1.165, 1.54) is 7.11 Å². The van der Waals surface area contributed by atoms with Gasteiger partial charge in [-0.15, -0.1) is 0 Å². The molecule has 1 aromatic carbocycles. The van der Waals surface area contributed by atoms with E-state index in [1.807, 2.05) is 24.3 Å². The molecular weight excluding hydrogens is 437 g/mol. The minimum absolute atomic E-state index is 0.139. The molecule has 0 spiro atoms. The van der Waals surface area contributed by atoms with Gasteiger partial charge in [0.1, 0.15) is 6.61 Å². The molecule has 1 aliphatic carbocycles. The molecule has 0 N–H and O–H groups in total. The van der Waals surface area contributed by atoms with E-state index in [9.17, 15) is 18.0 Å². The van der Waals surface area contributed by atoms with Gasteiger partial charge in [0.05, 0.1) is 38.3 Å². The third-order valence-electron chi connectivity index (χ3n) is 5.69. The van der Waals surface area contributed by atoms with Crippen LogP contribution in [0.4, 0.5) is 13.2 Å². The first-order valence-electron chi connectivity index (χ1n) is 10.8. The van der Waals surface area contributed by atoms with Crippen molar-refractivity contribution in [1.82, 2.24) is 9.97 Å². The average Bonchev–Trinajstić information content (AvgIpc) is 3.65. The molecule has 2 aromatic rings. The molecule has 0 bridgehead atoms. The van der Waals surface area contributed by atoms with Gasteiger partial charge in [0.25, 0.3) is 0 Å². The van der Waals surface area contributed by atoms with E-state index >= 15 is 0 Å². The number of hydrogen-bond acceptors (Lipinski definition) is 6. The van der Waals surface area contributed by atoms with Crippen LogP contribution in [-0.4, -0.2) is 49.0 Å². The summed E-state index contributed by atoms with van der Waals surface area (Å²) in [6.45, 7) is -0.570. The molecule has 1 fully saturated rings. The topological polar surface area (TPSA) is 70.5 Å². The van der Waals surface area contributed by atoms with Gasteiger partial charge in [-0.3, -0.25) is 4.98 Å². The lowest BCUT2D eigenvalue weighted by molar-refractivity contribution is -0.176. The normalized spacial score (nSPS) is 16.4. The number of methoxy groups -OCH3 is 1. The van der Waals surface area contributed by atoms with Gasteiger partial charge in [0.15, 0.2) is 5.69 Å². The monoisotopic (exact) mass is 462 g/mol. The Morgan fingerprint density at radius 2 is 2.09 bits per heavy atom. The molecule has 1 aromatic heterocycles. The fourth-order valence-corrected chi connectivity index (χ4v) is 3.89. The summed E-state index contributed by atoms with van der Waals surface area (Å²) >= 11 is 0. The fourth-order valence-electron chi connectivity index (χ4n) is 3.89. The smallest absolute Gasteiger partial charge is 0.411 e. The van der Waals surface area contributed by atoms with Gasteiger partial charge in [-0.1, -0.05) is 24.3 Å². The standard InChI is InChI=1S/C24H25F3N2O4/c1-31-23(30)22-20(28-12-21(29-22)16-5-6-16)11-17-3-2-4-18(15-7-9-32-10-8-15)19(17)13-33-14-24(25,26)27/h2-4,7,12,16H,5-6,8-11,13-14H2,1H3. The Morgan fingerprint density at radius 3 is 2.76 bits per heavy atom. The number of carbonyl (C=O) groups is 1. The highest BCUT2D eigenvalue weighted by Gasteiger charge is 2.29. The maximum Gasteiger partial charge on any atom is 0.411 e. The van der Waals surface area contributed by atoms with Crippen LogP contribution in [0.5, 0.6) is 0 Å². The zero-order chi connectivity index (χ0) is 23.4. The van der Waals surface area contributed by atoms with Gasteiger partial charge in [-0.05, 0) is 41.5 Å². The lowest BCUT2D eigenvalue weighted by atomic mass is 9.91. The van der Waals surface area contributed by atoms with Crippen LogP contribution < -0.4 is 0 Å². The number of carbonyl (C=O) groups excluding carboxylic acids is 1. The van der Waals surface area contributed by atoms with Crippen LogP contribution in [0.25, 0.3) is 5.57 Å². The summed E-state index contributed by atoms with van der Waals surface area (Å²) in [6.07, 6.45) is 2.06. The van der Waals surface area contributed by atoms with Gasteiger partial charge in [0, 0.05) is 18.5 Å². The van der Waals surface area contributed by atoms with Crippen molar-refractivity contribution in [2.45, 2.75) is 44.4 Å². The van der Waals surface area contributed by atoms with Crippen LogP contribution in [-0.2, 0) is 27.2 Å². The SMILES string of the molecule is COC(=O)c1nc(C2CC2)cnc1Cc1cccc(C2=CCOCC2)c1COCC(F)(F)F. The van der Waals surface area contributed by atoms with Crippen LogP contribution >= 0.6 is 0 Å². The number of rotatable bonds is 8. The van der Waals surface area contributed by atoms with E-state index < -0.39 is 18.8 Å². The van der Waals surface area contributed by atoms with Crippen molar-refractivity contribution in [2.75, 3.05) is 26.9 Å². The molecule has 9 heteroatoms. The molecule has 176 valence electrons. The van der Waals surface area contributed by atoms with Crippen molar-refractivity contribution in [3.8, 4) is 0 Å². The molecule has 1 saturated carbocycles. The molecular formula is C24H25F3N2O4. The third-order valence-corrected chi connectivity index (χ3v) is 5.69. The van der Waals surface area contributed by atoms with E-state index in [2.05, 4.69) is 9.97 Å². The van der Waals surface area contributed by atoms with E-state index in [-0.39, 0.29) is 18.7 Å². The lowest BCUT2D eigenvalue weighted by Crippen LogP contribution is -2.18. The zero-order valence-corrected chi connectivity index (χ0v) is 18.3. The van der Waals surface area contributed by atoms with Crippen molar-refractivity contribution in [2.24, 2.45) is 0 Å². The molecule has 0 amide bonds. The first-order valence-corrected chi connectivity index (χ1v) is 10.8. The van der Waals surface area contributed by atoms with Gasteiger partial charge in [-0.25, -0.2) is 9.78 Å². The largest absolute Gasteiger partial charge is 0.464 e. The van der Waals surface area contributed by atoms with Crippen molar-refractivity contribution in [1.29, 1.82) is 0 Å². The summed E-state index contributed by atoms with van der Waals surface area (Å²) in [5.74, 6) is -0.275. The van der Waals surface area contributed by atoms with Crippen molar-refractivity contribution < 1.29 is 32.2 Å². The van der Waals surface area contributed by atoms with E-state index in [0.29, 0.717) is 36.8 Å². The second-order valence-corrected chi connectivity index (χ2v) is 8.14. The van der Waals surface area contributed by atoms with Crippen molar-refractivity contribution >= 4 is 11.5 Å². The third kappa shape index (κ3) is 5.97. The molecule has 0 atom stereocenters. The number of hydrogen-bond donors (Lipinski definition) is 0. The number of halogens is 3. The lowest BCUT2D eigenvalue weighted by Gasteiger charge is -2.20. The average molecular weight is 462 g/mol.